The second-order valence-corrected chi connectivity index (χ2v) is 5.29. The van der Waals surface area contributed by atoms with Gasteiger partial charge in [-0.3, -0.25) is 9.48 Å². The lowest BCUT2D eigenvalue weighted by molar-refractivity contribution is 0.102. The zero-order chi connectivity index (χ0) is 16.2. The molecule has 1 amide bonds. The number of hydrogen-bond acceptors (Lipinski definition) is 4. The quantitative estimate of drug-likeness (QED) is 0.779. The molecule has 0 spiro atoms. The van der Waals surface area contributed by atoms with Crippen molar-refractivity contribution in [2.75, 3.05) is 5.32 Å². The third kappa shape index (κ3) is 3.89. The van der Waals surface area contributed by atoms with Crippen molar-refractivity contribution < 1.29 is 9.53 Å². The highest BCUT2D eigenvalue weighted by Crippen LogP contribution is 2.17. The lowest BCUT2D eigenvalue weighted by Gasteiger charge is -2.06. The molecule has 7 nitrogen and oxygen atoms in total. The number of carbonyl (C=O) groups is 1. The average Bonchev–Trinajstić information content (AvgIpc) is 3.14. The van der Waals surface area contributed by atoms with Crippen LogP contribution < -0.4 is 10.1 Å². The van der Waals surface area contributed by atoms with E-state index in [-0.39, 0.29) is 12.6 Å². The molecule has 8 heteroatoms. The minimum absolute atomic E-state index is 0.211. The van der Waals surface area contributed by atoms with Crippen molar-refractivity contribution in [1.82, 2.24) is 19.6 Å². The Morgan fingerprint density at radius 1 is 1.30 bits per heavy atom. The number of aryl methyl sites for hydroxylation is 1. The zero-order valence-corrected chi connectivity index (χ0v) is 13.1. The molecule has 23 heavy (non-hydrogen) atoms. The molecule has 0 saturated heterocycles. The van der Waals surface area contributed by atoms with Crippen LogP contribution in [0.25, 0.3) is 0 Å². The summed E-state index contributed by atoms with van der Waals surface area (Å²) in [6.45, 7) is 0.211. The van der Waals surface area contributed by atoms with Crippen LogP contribution in [0.1, 0.15) is 10.4 Å². The van der Waals surface area contributed by atoms with Gasteiger partial charge in [0, 0.05) is 18.3 Å². The summed E-state index contributed by atoms with van der Waals surface area (Å²) in [4.78, 5) is 12.0. The first-order valence-electron chi connectivity index (χ1n) is 6.81. The van der Waals surface area contributed by atoms with E-state index in [0.29, 0.717) is 22.0 Å². The van der Waals surface area contributed by atoms with Gasteiger partial charge >= 0.3 is 0 Å². The molecular formula is C15H14ClN5O2. The highest BCUT2D eigenvalue weighted by Gasteiger charge is 2.09. The Balaban J connectivity index is 1.58. The van der Waals surface area contributed by atoms with E-state index >= 15 is 0 Å². The molecule has 0 aliphatic heterocycles. The number of carbonyl (C=O) groups excluding carboxylic acids is 1. The standard InChI is InChI=1S/C15H14ClN5O2/c1-20-8-11(6-17-20)15(22)19-13-7-18-21(9-13)10-23-14-4-2-3-12(16)5-14/h2-9H,10H2,1H3,(H,19,22). The molecule has 0 bridgehead atoms. The monoisotopic (exact) mass is 331 g/mol. The van der Waals surface area contributed by atoms with Gasteiger partial charge in [-0.25, -0.2) is 4.68 Å². The van der Waals surface area contributed by atoms with E-state index in [1.807, 2.05) is 0 Å². The van der Waals surface area contributed by atoms with Crippen molar-refractivity contribution in [1.29, 1.82) is 0 Å². The zero-order valence-electron chi connectivity index (χ0n) is 12.3. The van der Waals surface area contributed by atoms with Gasteiger partial charge in [0.25, 0.3) is 5.91 Å². The van der Waals surface area contributed by atoms with Crippen molar-refractivity contribution in [3.05, 3.63) is 59.6 Å². The molecule has 3 rings (SSSR count). The summed E-state index contributed by atoms with van der Waals surface area (Å²) in [6.07, 6.45) is 6.37. The lowest BCUT2D eigenvalue weighted by atomic mass is 10.3. The second-order valence-electron chi connectivity index (χ2n) is 4.86. The predicted octanol–water partition coefficient (Wildman–Crippen LogP) is 2.56. The molecule has 3 aromatic rings. The normalized spacial score (nSPS) is 10.5. The topological polar surface area (TPSA) is 74.0 Å². The van der Waals surface area contributed by atoms with E-state index in [1.165, 1.54) is 6.20 Å². The summed E-state index contributed by atoms with van der Waals surface area (Å²) in [5.41, 5.74) is 1.06. The van der Waals surface area contributed by atoms with E-state index in [0.717, 1.165) is 0 Å². The summed E-state index contributed by atoms with van der Waals surface area (Å²) >= 11 is 5.89. The van der Waals surface area contributed by atoms with Gasteiger partial charge in [0.05, 0.1) is 29.8 Å². The average molecular weight is 332 g/mol. The fourth-order valence-corrected chi connectivity index (χ4v) is 2.12. The molecule has 0 radical (unpaired) electrons. The fourth-order valence-electron chi connectivity index (χ4n) is 1.94. The maximum absolute atomic E-state index is 12.0. The number of ether oxygens (including phenoxy) is 1. The molecule has 0 saturated carbocycles. The molecule has 0 aliphatic carbocycles. The molecule has 0 fully saturated rings. The molecule has 0 aliphatic rings. The second kappa shape index (κ2) is 6.53. The molecule has 2 aromatic heterocycles. The SMILES string of the molecule is Cn1cc(C(=O)Nc2cnn(COc3cccc(Cl)c3)c2)cn1. The Labute approximate surface area is 137 Å². The van der Waals surface area contributed by atoms with Crippen LogP contribution in [0, 0.1) is 0 Å². The molecule has 1 aromatic carbocycles. The highest BCUT2D eigenvalue weighted by atomic mass is 35.5. The maximum atomic E-state index is 12.0. The maximum Gasteiger partial charge on any atom is 0.258 e. The molecule has 1 N–H and O–H groups in total. The van der Waals surface area contributed by atoms with Crippen LogP contribution in [0.5, 0.6) is 5.75 Å². The van der Waals surface area contributed by atoms with Gasteiger partial charge in [-0.05, 0) is 18.2 Å². The van der Waals surface area contributed by atoms with E-state index in [1.54, 1.807) is 59.3 Å². The number of halogens is 1. The van der Waals surface area contributed by atoms with Crippen molar-refractivity contribution in [3.63, 3.8) is 0 Å². The van der Waals surface area contributed by atoms with Gasteiger partial charge in [0.1, 0.15) is 5.75 Å². The van der Waals surface area contributed by atoms with Gasteiger partial charge in [0.15, 0.2) is 6.73 Å². The smallest absolute Gasteiger partial charge is 0.258 e. The third-order valence-electron chi connectivity index (χ3n) is 3.02. The fraction of sp³-hybridized carbons (Fsp3) is 0.133. The van der Waals surface area contributed by atoms with Crippen molar-refractivity contribution in [2.24, 2.45) is 7.05 Å². The minimum atomic E-state index is -0.242. The van der Waals surface area contributed by atoms with Gasteiger partial charge in [-0.2, -0.15) is 10.2 Å². The van der Waals surface area contributed by atoms with Crippen molar-refractivity contribution >= 4 is 23.2 Å². The molecule has 0 unspecified atom stereocenters. The van der Waals surface area contributed by atoms with Crippen molar-refractivity contribution in [2.45, 2.75) is 6.73 Å². The van der Waals surface area contributed by atoms with Gasteiger partial charge in [-0.1, -0.05) is 17.7 Å². The molecule has 0 atom stereocenters. The third-order valence-corrected chi connectivity index (χ3v) is 3.25. The van der Waals surface area contributed by atoms with E-state index in [9.17, 15) is 4.79 Å². The van der Waals surface area contributed by atoms with Gasteiger partial charge in [0.2, 0.25) is 0 Å². The van der Waals surface area contributed by atoms with E-state index in [4.69, 9.17) is 16.3 Å². The van der Waals surface area contributed by atoms with E-state index < -0.39 is 0 Å². The lowest BCUT2D eigenvalue weighted by Crippen LogP contribution is -2.10. The number of anilines is 1. The van der Waals surface area contributed by atoms with Crippen LogP contribution in [0.2, 0.25) is 5.02 Å². The number of nitrogens with one attached hydrogen (secondary N) is 1. The summed E-state index contributed by atoms with van der Waals surface area (Å²) in [7, 11) is 1.75. The molecular weight excluding hydrogens is 318 g/mol. The van der Waals surface area contributed by atoms with Crippen LogP contribution in [-0.4, -0.2) is 25.5 Å². The Morgan fingerprint density at radius 2 is 2.17 bits per heavy atom. The number of benzene rings is 1. The number of amides is 1. The molecule has 118 valence electrons. The van der Waals surface area contributed by atoms with Crippen LogP contribution in [0.4, 0.5) is 5.69 Å². The predicted molar refractivity (Wildman–Crippen MR) is 85.5 cm³/mol. The first-order valence-corrected chi connectivity index (χ1v) is 7.19. The Kier molecular flexibility index (Phi) is 4.29. The van der Waals surface area contributed by atoms with Crippen LogP contribution >= 0.6 is 11.6 Å². The minimum Gasteiger partial charge on any atom is -0.471 e. The van der Waals surface area contributed by atoms with Gasteiger partial charge in [-0.15, -0.1) is 0 Å². The molecule has 2 heterocycles. The highest BCUT2D eigenvalue weighted by molar-refractivity contribution is 6.30. The van der Waals surface area contributed by atoms with Crippen LogP contribution in [0.3, 0.4) is 0 Å². The Hall–Kier alpha value is -2.80. The Bertz CT molecular complexity index is 827. The largest absolute Gasteiger partial charge is 0.471 e. The van der Waals surface area contributed by atoms with Crippen LogP contribution in [-0.2, 0) is 13.8 Å². The number of nitrogens with zero attached hydrogens (tertiary/aromatic N) is 4. The van der Waals surface area contributed by atoms with E-state index in [2.05, 4.69) is 15.5 Å². The number of rotatable bonds is 5. The van der Waals surface area contributed by atoms with Crippen LogP contribution in [0.15, 0.2) is 49.1 Å². The Morgan fingerprint density at radius 3 is 2.91 bits per heavy atom. The van der Waals surface area contributed by atoms with Gasteiger partial charge < -0.3 is 10.1 Å². The number of hydrogen-bond donors (Lipinski definition) is 1. The summed E-state index contributed by atoms with van der Waals surface area (Å²) in [6, 6.07) is 7.10. The van der Waals surface area contributed by atoms with Crippen molar-refractivity contribution in [3.8, 4) is 5.75 Å². The first kappa shape index (κ1) is 15.1. The summed E-state index contributed by atoms with van der Waals surface area (Å²) in [5.74, 6) is 0.405. The summed E-state index contributed by atoms with van der Waals surface area (Å²) < 4.78 is 8.70. The first-order chi connectivity index (χ1) is 11.1. The number of aromatic nitrogens is 4. The summed E-state index contributed by atoms with van der Waals surface area (Å²) in [5, 5.41) is 11.4.